The average Bonchev–Trinajstić information content (AvgIpc) is 2.81. The molecule has 1 aromatic heterocycles. The van der Waals surface area contributed by atoms with Crippen LogP contribution in [0.15, 0.2) is 39.6 Å². The van der Waals surface area contributed by atoms with Gasteiger partial charge in [0.05, 0.1) is 0 Å². The largest absolute Gasteiger partial charge is 0.373 e. The third kappa shape index (κ3) is 3.80. The van der Waals surface area contributed by atoms with Gasteiger partial charge in [0, 0.05) is 19.8 Å². The minimum absolute atomic E-state index is 0.0462. The van der Waals surface area contributed by atoms with Crippen LogP contribution in [0.1, 0.15) is 0 Å². The smallest absolute Gasteiger partial charge is 0.302 e. The van der Waals surface area contributed by atoms with Gasteiger partial charge in [0.15, 0.2) is 10.8 Å². The van der Waals surface area contributed by atoms with Gasteiger partial charge in [-0.25, -0.2) is 0 Å². The highest BCUT2D eigenvalue weighted by molar-refractivity contribution is 8.67. The molecule has 21 heavy (non-hydrogen) atoms. The van der Waals surface area contributed by atoms with Crippen molar-refractivity contribution in [2.24, 2.45) is 0 Å². The highest BCUT2D eigenvalue weighted by Crippen LogP contribution is 2.60. The lowest BCUT2D eigenvalue weighted by Gasteiger charge is -2.15. The molecule has 0 aliphatic carbocycles. The van der Waals surface area contributed by atoms with Crippen LogP contribution in [0.2, 0.25) is 5.02 Å². The lowest BCUT2D eigenvalue weighted by atomic mass is 10.2. The zero-order valence-electron chi connectivity index (χ0n) is 11.3. The zero-order valence-corrected chi connectivity index (χ0v) is 14.6. The standard InChI is InChI=1S/C12H13ClNO4PS2/c1-16-19(20,17-2)21-8-14-12(15)10(13)11(18-14)9-6-4-3-5-7-9/h3-7H,8H2,1-2H3. The Kier molecular flexibility index (Phi) is 5.71. The van der Waals surface area contributed by atoms with E-state index in [0.717, 1.165) is 10.3 Å². The second-order valence-corrected chi connectivity index (χ2v) is 10.7. The van der Waals surface area contributed by atoms with E-state index in [4.69, 9.17) is 37.0 Å². The highest BCUT2D eigenvalue weighted by Gasteiger charge is 2.21. The van der Waals surface area contributed by atoms with Gasteiger partial charge in [-0.15, -0.1) is 0 Å². The number of halogens is 1. The van der Waals surface area contributed by atoms with Gasteiger partial charge in [-0.1, -0.05) is 41.9 Å². The Morgan fingerprint density at radius 2 is 1.95 bits per heavy atom. The SMILES string of the molecule is COP(=S)(OC)SCn1oc(-c2ccccc2)c(Cl)c1=O. The maximum atomic E-state index is 12.1. The third-order valence-corrected chi connectivity index (χ3v) is 8.56. The van der Waals surface area contributed by atoms with Gasteiger partial charge in [0.25, 0.3) is 0 Å². The van der Waals surface area contributed by atoms with Crippen LogP contribution in [0, 0.1) is 0 Å². The quantitative estimate of drug-likeness (QED) is 0.722. The summed E-state index contributed by atoms with van der Waals surface area (Å²) in [6, 6.07) is 9.18. The topological polar surface area (TPSA) is 53.6 Å². The molecule has 0 saturated carbocycles. The van der Waals surface area contributed by atoms with Crippen LogP contribution in [-0.2, 0) is 26.7 Å². The van der Waals surface area contributed by atoms with E-state index in [1.807, 2.05) is 30.3 Å². The van der Waals surface area contributed by atoms with E-state index in [1.165, 1.54) is 25.6 Å². The molecule has 1 aromatic carbocycles. The first kappa shape index (κ1) is 16.8. The van der Waals surface area contributed by atoms with Gasteiger partial charge in [0.2, 0.25) is 5.69 Å². The number of benzene rings is 1. The Labute approximate surface area is 136 Å². The summed E-state index contributed by atoms with van der Waals surface area (Å²) in [5.74, 6) is 0.510. The molecule has 0 spiro atoms. The first-order valence-corrected chi connectivity index (χ1v) is 10.4. The fraction of sp³-hybridized carbons (Fsp3) is 0.250. The Hall–Kier alpha value is -0.560. The molecule has 0 fully saturated rings. The molecule has 0 saturated heterocycles. The van der Waals surface area contributed by atoms with Crippen molar-refractivity contribution in [3.8, 4) is 11.3 Å². The molecule has 9 heteroatoms. The van der Waals surface area contributed by atoms with Crippen molar-refractivity contribution < 1.29 is 13.6 Å². The highest BCUT2D eigenvalue weighted by atomic mass is 35.5. The van der Waals surface area contributed by atoms with Crippen molar-refractivity contribution in [3.05, 3.63) is 45.7 Å². The van der Waals surface area contributed by atoms with Crippen molar-refractivity contribution in [2.75, 3.05) is 14.2 Å². The lowest BCUT2D eigenvalue weighted by Crippen LogP contribution is -2.12. The summed E-state index contributed by atoms with van der Waals surface area (Å²) < 4.78 is 17.0. The van der Waals surface area contributed by atoms with E-state index in [1.54, 1.807) is 0 Å². The van der Waals surface area contributed by atoms with Crippen LogP contribution in [-0.4, -0.2) is 19.0 Å². The van der Waals surface area contributed by atoms with Crippen molar-refractivity contribution in [3.63, 3.8) is 0 Å². The second kappa shape index (κ2) is 7.13. The predicted octanol–water partition coefficient (Wildman–Crippen LogP) is 3.97. The molecule has 0 aliphatic rings. The normalized spacial score (nSPS) is 11.8. The third-order valence-electron chi connectivity index (χ3n) is 2.63. The maximum absolute atomic E-state index is 12.1. The first-order valence-electron chi connectivity index (χ1n) is 5.82. The molecular formula is C12H13ClNO4PS2. The number of hydrogen-bond donors (Lipinski definition) is 0. The monoisotopic (exact) mass is 365 g/mol. The molecule has 0 N–H and O–H groups in total. The van der Waals surface area contributed by atoms with Crippen LogP contribution in [0.5, 0.6) is 0 Å². The Bertz CT molecular complexity index is 708. The summed E-state index contributed by atoms with van der Waals surface area (Å²) >= 11 is 12.5. The molecule has 0 bridgehead atoms. The fourth-order valence-electron chi connectivity index (χ4n) is 1.56. The van der Waals surface area contributed by atoms with Crippen LogP contribution < -0.4 is 5.56 Å². The number of rotatable bonds is 6. The van der Waals surface area contributed by atoms with Gasteiger partial charge in [-0.05, 0) is 23.2 Å². The molecule has 0 unspecified atom stereocenters. The number of aromatic nitrogens is 1. The van der Waals surface area contributed by atoms with E-state index < -0.39 is 11.3 Å². The van der Waals surface area contributed by atoms with Gasteiger partial charge >= 0.3 is 5.56 Å². The zero-order chi connectivity index (χ0) is 15.5. The molecule has 114 valence electrons. The Morgan fingerprint density at radius 1 is 1.33 bits per heavy atom. The van der Waals surface area contributed by atoms with Gasteiger partial charge in [0.1, 0.15) is 5.88 Å². The van der Waals surface area contributed by atoms with Crippen LogP contribution in [0.3, 0.4) is 0 Å². The van der Waals surface area contributed by atoms with Gasteiger partial charge in [-0.3, -0.25) is 4.79 Å². The number of hydrogen-bond acceptors (Lipinski definition) is 6. The average molecular weight is 366 g/mol. The van der Waals surface area contributed by atoms with E-state index in [0.29, 0.717) is 5.76 Å². The van der Waals surface area contributed by atoms with Crippen molar-refractivity contribution in [1.29, 1.82) is 0 Å². The van der Waals surface area contributed by atoms with Gasteiger partial charge in [-0.2, -0.15) is 4.74 Å². The van der Waals surface area contributed by atoms with Crippen molar-refractivity contribution >= 4 is 40.5 Å². The van der Waals surface area contributed by atoms with Crippen LogP contribution >= 0.6 is 28.7 Å². The fourth-order valence-corrected chi connectivity index (χ4v) is 4.36. The molecule has 0 radical (unpaired) electrons. The predicted molar refractivity (Wildman–Crippen MR) is 89.3 cm³/mol. The molecule has 0 amide bonds. The Morgan fingerprint density at radius 3 is 2.52 bits per heavy atom. The van der Waals surface area contributed by atoms with E-state index in [9.17, 15) is 4.79 Å². The molecule has 0 atom stereocenters. The first-order chi connectivity index (χ1) is 10.0. The van der Waals surface area contributed by atoms with Crippen molar-refractivity contribution in [1.82, 2.24) is 4.74 Å². The molecule has 2 aromatic rings. The summed E-state index contributed by atoms with van der Waals surface area (Å²) in [5, 5.41) is 0.0462. The summed E-state index contributed by atoms with van der Waals surface area (Å²) in [7, 11) is 2.95. The van der Waals surface area contributed by atoms with Crippen LogP contribution in [0.25, 0.3) is 11.3 Å². The summed E-state index contributed by atoms with van der Waals surface area (Å²) in [5.41, 5.74) is -2.13. The lowest BCUT2D eigenvalue weighted by molar-refractivity contribution is 0.302. The molecular weight excluding hydrogens is 353 g/mol. The van der Waals surface area contributed by atoms with Gasteiger partial charge < -0.3 is 13.6 Å². The van der Waals surface area contributed by atoms with Crippen LogP contribution in [0.4, 0.5) is 0 Å². The minimum atomic E-state index is -2.46. The van der Waals surface area contributed by atoms with E-state index in [2.05, 4.69) is 0 Å². The van der Waals surface area contributed by atoms with E-state index in [-0.39, 0.29) is 10.9 Å². The summed E-state index contributed by atoms with van der Waals surface area (Å²) in [6.45, 7) is 0. The molecule has 5 nitrogen and oxygen atoms in total. The number of nitrogens with zero attached hydrogens (tertiary/aromatic N) is 1. The maximum Gasteiger partial charge on any atom is 0.302 e. The van der Waals surface area contributed by atoms with E-state index >= 15 is 0 Å². The Balaban J connectivity index is 2.28. The molecule has 1 heterocycles. The molecule has 2 rings (SSSR count). The minimum Gasteiger partial charge on any atom is -0.373 e. The summed E-state index contributed by atoms with van der Waals surface area (Å²) in [4.78, 5) is 12.1. The summed E-state index contributed by atoms with van der Waals surface area (Å²) in [6.07, 6.45) is 0. The second-order valence-electron chi connectivity index (χ2n) is 3.85. The van der Waals surface area contributed by atoms with Crippen molar-refractivity contribution in [2.45, 2.75) is 5.88 Å². The molecule has 0 aliphatic heterocycles.